The van der Waals surface area contributed by atoms with E-state index in [9.17, 15) is 4.79 Å². The van der Waals surface area contributed by atoms with E-state index in [-0.39, 0.29) is 4.75 Å². The highest BCUT2D eigenvalue weighted by molar-refractivity contribution is 8.00. The molecule has 0 fully saturated rings. The van der Waals surface area contributed by atoms with Gasteiger partial charge in [-0.3, -0.25) is 4.79 Å². The highest BCUT2D eigenvalue weighted by Crippen LogP contribution is 2.36. The van der Waals surface area contributed by atoms with Gasteiger partial charge in [-0.2, -0.15) is 0 Å². The van der Waals surface area contributed by atoms with Crippen LogP contribution >= 0.6 is 11.8 Å². The standard InChI is InChI=1S/C11H16N2OS/c1-11(2,3)15-8-6-4-5-7(9(8)12)10(13)14/h4-6H,12H2,1-3H3,(H2,13,14). The molecule has 4 heteroatoms. The first-order valence-electron chi connectivity index (χ1n) is 4.68. The Bertz CT molecular complexity index is 383. The zero-order valence-electron chi connectivity index (χ0n) is 9.20. The predicted molar refractivity (Wildman–Crippen MR) is 65.0 cm³/mol. The van der Waals surface area contributed by atoms with Gasteiger partial charge < -0.3 is 11.5 Å². The maximum atomic E-state index is 11.1. The average Bonchev–Trinajstić information content (AvgIpc) is 2.05. The molecule has 0 aliphatic heterocycles. The van der Waals surface area contributed by atoms with Gasteiger partial charge in [-0.25, -0.2) is 0 Å². The lowest BCUT2D eigenvalue weighted by molar-refractivity contribution is 0.100. The number of anilines is 1. The zero-order chi connectivity index (χ0) is 11.6. The van der Waals surface area contributed by atoms with E-state index in [4.69, 9.17) is 11.5 Å². The van der Waals surface area contributed by atoms with Crippen molar-refractivity contribution in [2.75, 3.05) is 5.73 Å². The number of carbonyl (C=O) groups is 1. The van der Waals surface area contributed by atoms with E-state index in [1.807, 2.05) is 6.07 Å². The summed E-state index contributed by atoms with van der Waals surface area (Å²) in [6, 6.07) is 5.34. The first-order chi connectivity index (χ1) is 6.81. The van der Waals surface area contributed by atoms with Crippen LogP contribution < -0.4 is 11.5 Å². The molecule has 0 unspecified atom stereocenters. The SMILES string of the molecule is CC(C)(C)Sc1cccc(C(N)=O)c1N. The Morgan fingerprint density at radius 1 is 1.33 bits per heavy atom. The normalized spacial score (nSPS) is 11.4. The van der Waals surface area contributed by atoms with E-state index in [0.29, 0.717) is 11.3 Å². The van der Waals surface area contributed by atoms with Crippen LogP contribution in [0.3, 0.4) is 0 Å². The molecule has 0 heterocycles. The minimum absolute atomic E-state index is 0.0599. The number of carbonyl (C=O) groups excluding carboxylic acids is 1. The van der Waals surface area contributed by atoms with Gasteiger partial charge in [0, 0.05) is 9.64 Å². The second-order valence-electron chi connectivity index (χ2n) is 4.30. The topological polar surface area (TPSA) is 69.1 Å². The lowest BCUT2D eigenvalue weighted by atomic mass is 10.2. The molecule has 3 nitrogen and oxygen atoms in total. The maximum absolute atomic E-state index is 11.1. The fraction of sp³-hybridized carbons (Fsp3) is 0.364. The molecule has 1 rings (SSSR count). The van der Waals surface area contributed by atoms with Gasteiger partial charge in [0.25, 0.3) is 5.91 Å². The second-order valence-corrected chi connectivity index (χ2v) is 6.16. The summed E-state index contributed by atoms with van der Waals surface area (Å²) in [5.41, 5.74) is 12.0. The number of amides is 1. The van der Waals surface area contributed by atoms with Gasteiger partial charge in [0.05, 0.1) is 11.3 Å². The lowest BCUT2D eigenvalue weighted by Gasteiger charge is -2.19. The summed E-state index contributed by atoms with van der Waals surface area (Å²) in [5, 5.41) is 0. The molecule has 1 amide bonds. The van der Waals surface area contributed by atoms with E-state index < -0.39 is 5.91 Å². The molecule has 1 aromatic rings. The van der Waals surface area contributed by atoms with E-state index in [2.05, 4.69) is 20.8 Å². The minimum Gasteiger partial charge on any atom is -0.397 e. The number of nitrogen functional groups attached to an aromatic ring is 1. The molecule has 15 heavy (non-hydrogen) atoms. The van der Waals surface area contributed by atoms with Crippen molar-refractivity contribution in [3.63, 3.8) is 0 Å². The molecule has 0 atom stereocenters. The molecule has 0 saturated carbocycles. The Kier molecular flexibility index (Phi) is 3.29. The van der Waals surface area contributed by atoms with Gasteiger partial charge in [-0.15, -0.1) is 11.8 Å². The van der Waals surface area contributed by atoms with E-state index in [0.717, 1.165) is 4.90 Å². The molecular formula is C11H16N2OS. The smallest absolute Gasteiger partial charge is 0.250 e. The van der Waals surface area contributed by atoms with Crippen molar-refractivity contribution in [2.45, 2.75) is 30.4 Å². The van der Waals surface area contributed by atoms with Gasteiger partial charge in [-0.1, -0.05) is 26.8 Å². The molecule has 0 aromatic heterocycles. The van der Waals surface area contributed by atoms with Crippen LogP contribution in [0.1, 0.15) is 31.1 Å². The van der Waals surface area contributed by atoms with Crippen molar-refractivity contribution in [1.29, 1.82) is 0 Å². The number of nitrogens with two attached hydrogens (primary N) is 2. The summed E-state index contributed by atoms with van der Waals surface area (Å²) in [5.74, 6) is -0.483. The van der Waals surface area contributed by atoms with Crippen LogP contribution in [0.5, 0.6) is 0 Å². The Hall–Kier alpha value is -1.16. The van der Waals surface area contributed by atoms with Crippen molar-refractivity contribution in [3.05, 3.63) is 23.8 Å². The first-order valence-corrected chi connectivity index (χ1v) is 5.50. The summed E-state index contributed by atoms with van der Waals surface area (Å²) in [4.78, 5) is 12.0. The van der Waals surface area contributed by atoms with Gasteiger partial charge in [0.2, 0.25) is 0 Å². The Balaban J connectivity index is 3.10. The average molecular weight is 224 g/mol. The Labute approximate surface area is 94.2 Å². The zero-order valence-corrected chi connectivity index (χ0v) is 10.0. The number of hydrogen-bond donors (Lipinski definition) is 2. The molecule has 0 aliphatic rings. The van der Waals surface area contributed by atoms with Gasteiger partial charge in [0.1, 0.15) is 0 Å². The summed E-state index contributed by atoms with van der Waals surface area (Å²) in [6.07, 6.45) is 0. The molecule has 0 saturated heterocycles. The van der Waals surface area contributed by atoms with Crippen LogP contribution in [0, 0.1) is 0 Å². The Morgan fingerprint density at radius 2 is 1.93 bits per heavy atom. The number of rotatable bonds is 2. The van der Waals surface area contributed by atoms with Crippen LogP contribution in [0.4, 0.5) is 5.69 Å². The largest absolute Gasteiger partial charge is 0.397 e. The minimum atomic E-state index is -0.483. The second kappa shape index (κ2) is 4.14. The van der Waals surface area contributed by atoms with E-state index >= 15 is 0 Å². The highest BCUT2D eigenvalue weighted by Gasteiger charge is 2.16. The molecule has 0 aliphatic carbocycles. The van der Waals surface area contributed by atoms with E-state index in [1.54, 1.807) is 23.9 Å². The van der Waals surface area contributed by atoms with Crippen molar-refractivity contribution < 1.29 is 4.79 Å². The summed E-state index contributed by atoms with van der Waals surface area (Å²) >= 11 is 1.63. The van der Waals surface area contributed by atoms with Gasteiger partial charge >= 0.3 is 0 Å². The third-order valence-electron chi connectivity index (χ3n) is 1.75. The molecule has 0 radical (unpaired) electrons. The van der Waals surface area contributed by atoms with E-state index in [1.165, 1.54) is 0 Å². The number of thioether (sulfide) groups is 1. The van der Waals surface area contributed by atoms with Gasteiger partial charge in [-0.05, 0) is 12.1 Å². The number of benzene rings is 1. The fourth-order valence-corrected chi connectivity index (χ4v) is 2.20. The lowest BCUT2D eigenvalue weighted by Crippen LogP contribution is -2.15. The van der Waals surface area contributed by atoms with Crippen LogP contribution in [0.15, 0.2) is 23.1 Å². The summed E-state index contributed by atoms with van der Waals surface area (Å²) in [6.45, 7) is 6.27. The monoisotopic (exact) mass is 224 g/mol. The first kappa shape index (κ1) is 11.9. The summed E-state index contributed by atoms with van der Waals surface area (Å²) in [7, 11) is 0. The molecule has 0 bridgehead atoms. The maximum Gasteiger partial charge on any atom is 0.250 e. The number of hydrogen-bond acceptors (Lipinski definition) is 3. The van der Waals surface area contributed by atoms with Crippen LogP contribution in [-0.4, -0.2) is 10.7 Å². The van der Waals surface area contributed by atoms with Crippen molar-refractivity contribution in [1.82, 2.24) is 0 Å². The van der Waals surface area contributed by atoms with Crippen LogP contribution in [0.2, 0.25) is 0 Å². The number of para-hydroxylation sites is 1. The van der Waals surface area contributed by atoms with Crippen LogP contribution in [-0.2, 0) is 0 Å². The van der Waals surface area contributed by atoms with Crippen LogP contribution in [0.25, 0.3) is 0 Å². The molecule has 0 spiro atoms. The quantitative estimate of drug-likeness (QED) is 0.598. The van der Waals surface area contributed by atoms with Gasteiger partial charge in [0.15, 0.2) is 0 Å². The molecular weight excluding hydrogens is 208 g/mol. The van der Waals surface area contributed by atoms with Crippen molar-refractivity contribution in [2.24, 2.45) is 5.73 Å². The molecule has 1 aromatic carbocycles. The fourth-order valence-electron chi connectivity index (χ4n) is 1.18. The Morgan fingerprint density at radius 3 is 2.40 bits per heavy atom. The molecule has 82 valence electrons. The van der Waals surface area contributed by atoms with Crippen molar-refractivity contribution in [3.8, 4) is 0 Å². The molecule has 4 N–H and O–H groups in total. The predicted octanol–water partition coefficient (Wildman–Crippen LogP) is 2.26. The third kappa shape index (κ3) is 3.16. The number of primary amides is 1. The highest BCUT2D eigenvalue weighted by atomic mass is 32.2. The summed E-state index contributed by atoms with van der Waals surface area (Å²) < 4.78 is 0.0599. The van der Waals surface area contributed by atoms with Crippen molar-refractivity contribution >= 4 is 23.4 Å². The third-order valence-corrected chi connectivity index (χ3v) is 2.94.